The number of nitrogens with one attached hydrogen (secondary N) is 1. The van der Waals surface area contributed by atoms with E-state index in [4.69, 9.17) is 5.73 Å². The Morgan fingerprint density at radius 1 is 1.20 bits per heavy atom. The van der Waals surface area contributed by atoms with E-state index in [0.717, 1.165) is 5.69 Å². The van der Waals surface area contributed by atoms with Crippen molar-refractivity contribution in [2.45, 2.75) is 25.4 Å². The molecule has 0 radical (unpaired) electrons. The molecule has 2 amide bonds. The number of primary amides is 1. The van der Waals surface area contributed by atoms with Crippen LogP contribution in [-0.2, 0) is 9.59 Å². The van der Waals surface area contributed by atoms with Gasteiger partial charge in [-0.3, -0.25) is 19.6 Å². The molecule has 0 bridgehead atoms. The van der Waals surface area contributed by atoms with Crippen LogP contribution in [0, 0.1) is 0 Å². The fourth-order valence-corrected chi connectivity index (χ4v) is 2.67. The lowest BCUT2D eigenvalue weighted by molar-refractivity contribution is -0.119. The molecule has 3 N–H and O–H groups in total. The normalized spacial score (nSPS) is 17.7. The lowest BCUT2D eigenvalue weighted by atomic mass is 10.1. The van der Waals surface area contributed by atoms with Crippen molar-refractivity contribution in [1.29, 1.82) is 0 Å². The van der Waals surface area contributed by atoms with E-state index < -0.39 is 11.9 Å². The van der Waals surface area contributed by atoms with Gasteiger partial charge in [0, 0.05) is 12.6 Å². The van der Waals surface area contributed by atoms with Crippen molar-refractivity contribution in [2.24, 2.45) is 10.8 Å². The van der Waals surface area contributed by atoms with Crippen molar-refractivity contribution in [2.75, 3.05) is 5.01 Å². The third-order valence-corrected chi connectivity index (χ3v) is 4.00. The Kier molecular flexibility index (Phi) is 4.74. The van der Waals surface area contributed by atoms with Crippen LogP contribution in [-0.4, -0.2) is 28.6 Å². The van der Waals surface area contributed by atoms with Gasteiger partial charge in [0.15, 0.2) is 0 Å². The second-order valence-corrected chi connectivity index (χ2v) is 5.80. The quantitative estimate of drug-likeness (QED) is 0.860. The summed E-state index contributed by atoms with van der Waals surface area (Å²) in [5, 5.41) is 8.69. The van der Waals surface area contributed by atoms with E-state index in [0.29, 0.717) is 5.69 Å². The first kappa shape index (κ1) is 16.6. The summed E-state index contributed by atoms with van der Waals surface area (Å²) in [7, 11) is 0. The Morgan fingerprint density at radius 3 is 2.56 bits per heavy atom. The van der Waals surface area contributed by atoms with Crippen LogP contribution in [0.1, 0.15) is 25.1 Å². The molecule has 2 atom stereocenters. The van der Waals surface area contributed by atoms with E-state index in [2.05, 4.69) is 15.4 Å². The Morgan fingerprint density at radius 2 is 1.92 bits per heavy atom. The highest BCUT2D eigenvalue weighted by atomic mass is 16.2. The van der Waals surface area contributed by atoms with Crippen LogP contribution in [0.3, 0.4) is 0 Å². The molecule has 0 saturated heterocycles. The fourth-order valence-electron chi connectivity index (χ4n) is 2.67. The molecular weight excluding hydrogens is 318 g/mol. The number of hydrogen-bond donors (Lipinski definition) is 2. The highest BCUT2D eigenvalue weighted by molar-refractivity contribution is 6.40. The maximum Gasteiger partial charge on any atom is 0.268 e. The predicted molar refractivity (Wildman–Crippen MR) is 94.8 cm³/mol. The maximum absolute atomic E-state index is 12.5. The van der Waals surface area contributed by atoms with E-state index in [1.807, 2.05) is 55.5 Å². The molecule has 1 aliphatic rings. The molecular formula is C18H19N5O2. The minimum absolute atomic E-state index is 0.172. The number of para-hydroxylation sites is 1. The number of hydrogen-bond acceptors (Lipinski definition) is 5. The molecule has 1 aromatic heterocycles. The summed E-state index contributed by atoms with van der Waals surface area (Å²) >= 11 is 0. The van der Waals surface area contributed by atoms with Crippen LogP contribution in [0.4, 0.5) is 5.69 Å². The number of carbonyl (C=O) groups excluding carboxylic acids is 2. The smallest absolute Gasteiger partial charge is 0.268 e. The van der Waals surface area contributed by atoms with Gasteiger partial charge in [-0.2, -0.15) is 5.10 Å². The number of anilines is 1. The topological polar surface area (TPSA) is 101 Å². The third-order valence-electron chi connectivity index (χ3n) is 4.00. The molecule has 1 aliphatic heterocycles. The molecule has 128 valence electrons. The van der Waals surface area contributed by atoms with Gasteiger partial charge in [0.2, 0.25) is 5.91 Å². The zero-order valence-electron chi connectivity index (χ0n) is 13.8. The molecule has 25 heavy (non-hydrogen) atoms. The van der Waals surface area contributed by atoms with Crippen LogP contribution in [0.2, 0.25) is 0 Å². The van der Waals surface area contributed by atoms with Crippen LogP contribution in [0.5, 0.6) is 0 Å². The number of benzene rings is 1. The molecule has 2 unspecified atom stereocenters. The molecule has 7 heteroatoms. The van der Waals surface area contributed by atoms with Gasteiger partial charge >= 0.3 is 0 Å². The number of aromatic nitrogens is 1. The number of rotatable bonds is 5. The lowest BCUT2D eigenvalue weighted by Crippen LogP contribution is -2.40. The van der Waals surface area contributed by atoms with E-state index in [9.17, 15) is 9.59 Å². The molecule has 0 saturated carbocycles. The van der Waals surface area contributed by atoms with Crippen LogP contribution < -0.4 is 16.1 Å². The van der Waals surface area contributed by atoms with Crippen molar-refractivity contribution in [1.82, 2.24) is 10.3 Å². The van der Waals surface area contributed by atoms with E-state index >= 15 is 0 Å². The second kappa shape index (κ2) is 7.12. The largest absolute Gasteiger partial charge is 0.368 e. The summed E-state index contributed by atoms with van der Waals surface area (Å²) < 4.78 is 0. The number of pyridine rings is 1. The summed E-state index contributed by atoms with van der Waals surface area (Å²) in [6, 6.07) is 13.7. The van der Waals surface area contributed by atoms with Crippen molar-refractivity contribution in [3.05, 3.63) is 60.4 Å². The summed E-state index contributed by atoms with van der Waals surface area (Å²) in [5.74, 6) is -0.851. The predicted octanol–water partition coefficient (Wildman–Crippen LogP) is 1.38. The fraction of sp³-hybridized carbons (Fsp3) is 0.222. The average molecular weight is 337 g/mol. The molecule has 3 rings (SSSR count). The number of amides is 2. The van der Waals surface area contributed by atoms with Crippen molar-refractivity contribution < 1.29 is 9.59 Å². The molecule has 0 spiro atoms. The maximum atomic E-state index is 12.5. The lowest BCUT2D eigenvalue weighted by Gasteiger charge is -2.20. The summed E-state index contributed by atoms with van der Waals surface area (Å²) in [6.07, 6.45) is 1.84. The Bertz CT molecular complexity index is 792. The van der Waals surface area contributed by atoms with Gasteiger partial charge in [-0.05, 0) is 31.2 Å². The van der Waals surface area contributed by atoms with Gasteiger partial charge in [0.25, 0.3) is 5.91 Å². The van der Waals surface area contributed by atoms with Gasteiger partial charge in [-0.1, -0.05) is 24.3 Å². The van der Waals surface area contributed by atoms with Gasteiger partial charge in [-0.15, -0.1) is 0 Å². The van der Waals surface area contributed by atoms with Crippen molar-refractivity contribution >= 4 is 23.2 Å². The first-order valence-corrected chi connectivity index (χ1v) is 7.99. The number of hydrazone groups is 1. The average Bonchev–Trinajstić information content (AvgIpc) is 3.09. The molecule has 0 aliphatic carbocycles. The van der Waals surface area contributed by atoms with Crippen LogP contribution >= 0.6 is 0 Å². The third kappa shape index (κ3) is 3.65. The molecule has 0 fully saturated rings. The SMILES string of the molecule is CC(NC(=O)C1=NN(c2ccccc2)C(C(N)=O)C1)c1ccccn1. The van der Waals surface area contributed by atoms with Crippen molar-refractivity contribution in [3.63, 3.8) is 0 Å². The van der Waals surface area contributed by atoms with Crippen molar-refractivity contribution in [3.8, 4) is 0 Å². The van der Waals surface area contributed by atoms with E-state index in [1.54, 1.807) is 6.20 Å². The Labute approximate surface area is 145 Å². The molecule has 1 aromatic carbocycles. The summed E-state index contributed by atoms with van der Waals surface area (Å²) in [6.45, 7) is 1.84. The zero-order chi connectivity index (χ0) is 17.8. The van der Waals surface area contributed by atoms with E-state index in [-0.39, 0.29) is 24.1 Å². The Hall–Kier alpha value is -3.22. The first-order valence-electron chi connectivity index (χ1n) is 7.99. The second-order valence-electron chi connectivity index (χ2n) is 5.80. The zero-order valence-corrected chi connectivity index (χ0v) is 13.8. The Balaban J connectivity index is 1.77. The molecule has 7 nitrogen and oxygen atoms in total. The number of nitrogens with two attached hydrogens (primary N) is 1. The van der Waals surface area contributed by atoms with E-state index in [1.165, 1.54) is 5.01 Å². The number of carbonyl (C=O) groups is 2. The highest BCUT2D eigenvalue weighted by Gasteiger charge is 2.35. The van der Waals surface area contributed by atoms with Gasteiger partial charge in [-0.25, -0.2) is 0 Å². The highest BCUT2D eigenvalue weighted by Crippen LogP contribution is 2.24. The molecule has 2 heterocycles. The summed E-state index contributed by atoms with van der Waals surface area (Å²) in [5.41, 5.74) is 7.22. The van der Waals surface area contributed by atoms with Crippen LogP contribution in [0.25, 0.3) is 0 Å². The minimum atomic E-state index is -0.673. The standard InChI is InChI=1S/C18H19N5O2/c1-12(14-9-5-6-10-20-14)21-18(25)15-11-16(17(19)24)23(22-15)13-7-3-2-4-8-13/h2-10,12,16H,11H2,1H3,(H2,19,24)(H,21,25). The monoisotopic (exact) mass is 337 g/mol. The first-order chi connectivity index (χ1) is 12.1. The van der Waals surface area contributed by atoms with Crippen LogP contribution in [0.15, 0.2) is 59.8 Å². The summed E-state index contributed by atoms with van der Waals surface area (Å²) in [4.78, 5) is 28.5. The van der Waals surface area contributed by atoms with Gasteiger partial charge in [0.1, 0.15) is 11.8 Å². The van der Waals surface area contributed by atoms with Gasteiger partial charge in [0.05, 0.1) is 17.4 Å². The van der Waals surface area contributed by atoms with Gasteiger partial charge < -0.3 is 11.1 Å². The minimum Gasteiger partial charge on any atom is -0.368 e. The number of nitrogens with zero attached hydrogens (tertiary/aromatic N) is 3. The molecule has 2 aromatic rings.